The number of nitrogens with one attached hydrogen (secondary N) is 1. The normalized spacial score (nSPS) is 12.5. The lowest BCUT2D eigenvalue weighted by atomic mass is 10.1. The number of amides is 1. The zero-order valence-corrected chi connectivity index (χ0v) is 15.6. The molecule has 1 N–H and O–H groups in total. The van der Waals surface area contributed by atoms with Crippen LogP contribution in [0.3, 0.4) is 0 Å². The summed E-state index contributed by atoms with van der Waals surface area (Å²) in [6, 6.07) is 7.89. The third-order valence-electron chi connectivity index (χ3n) is 3.60. The third kappa shape index (κ3) is 4.50. The molecule has 1 unspecified atom stereocenters. The molecule has 0 saturated carbocycles. The first-order valence-corrected chi connectivity index (χ1v) is 9.87. The number of halogens is 3. The first-order valence-electron chi connectivity index (χ1n) is 7.65. The van der Waals surface area contributed by atoms with Crippen LogP contribution < -0.4 is 9.62 Å². The highest BCUT2D eigenvalue weighted by atomic mass is 35.5. The lowest BCUT2D eigenvalue weighted by Crippen LogP contribution is -2.47. The molecule has 1 atom stereocenters. The van der Waals surface area contributed by atoms with Crippen LogP contribution in [0.25, 0.3) is 0 Å². The van der Waals surface area contributed by atoms with Crippen molar-refractivity contribution in [3.63, 3.8) is 0 Å². The van der Waals surface area contributed by atoms with Crippen LogP contribution in [0.1, 0.15) is 13.3 Å². The number of hydrogen-bond donors (Lipinski definition) is 1. The summed E-state index contributed by atoms with van der Waals surface area (Å²) in [6.07, 6.45) is 1.01. The molecule has 0 bridgehead atoms. The maximum atomic E-state index is 13.8. The van der Waals surface area contributed by atoms with Gasteiger partial charge in [0.15, 0.2) is 0 Å². The summed E-state index contributed by atoms with van der Waals surface area (Å²) in [5, 5.41) is 2.42. The molecule has 2 rings (SSSR count). The van der Waals surface area contributed by atoms with Crippen LogP contribution >= 0.6 is 11.6 Å². The van der Waals surface area contributed by atoms with Crippen molar-refractivity contribution in [1.82, 2.24) is 0 Å². The standard InChI is InChI=1S/C17H17ClF2N2O3S/c1-3-15(17(23)21-16-13(19)8-5-9-14(16)20)22(26(2,24)25)12-7-4-6-11(18)10-12/h4-10,15H,3H2,1-2H3,(H,21,23). The Kier molecular flexibility index (Phi) is 6.20. The fraction of sp³-hybridized carbons (Fsp3) is 0.235. The highest BCUT2D eigenvalue weighted by molar-refractivity contribution is 7.92. The summed E-state index contributed by atoms with van der Waals surface area (Å²) in [4.78, 5) is 12.6. The van der Waals surface area contributed by atoms with Crippen LogP contribution in [-0.4, -0.2) is 26.6 Å². The fourth-order valence-corrected chi connectivity index (χ4v) is 3.89. The summed E-state index contributed by atoms with van der Waals surface area (Å²) >= 11 is 5.92. The second-order valence-corrected chi connectivity index (χ2v) is 7.84. The Morgan fingerprint density at radius 1 is 1.19 bits per heavy atom. The van der Waals surface area contributed by atoms with Gasteiger partial charge in [-0.05, 0) is 36.8 Å². The molecule has 0 fully saturated rings. The Morgan fingerprint density at radius 3 is 2.27 bits per heavy atom. The summed E-state index contributed by atoms with van der Waals surface area (Å²) in [5.41, 5.74) is -0.452. The first-order chi connectivity index (χ1) is 12.1. The van der Waals surface area contributed by atoms with Gasteiger partial charge < -0.3 is 5.32 Å². The van der Waals surface area contributed by atoms with Gasteiger partial charge in [0.05, 0.1) is 11.9 Å². The van der Waals surface area contributed by atoms with Gasteiger partial charge in [-0.3, -0.25) is 9.10 Å². The molecule has 0 aliphatic carbocycles. The number of nitrogens with zero attached hydrogens (tertiary/aromatic N) is 1. The molecule has 9 heteroatoms. The molecule has 5 nitrogen and oxygen atoms in total. The average molecular weight is 403 g/mol. The van der Waals surface area contributed by atoms with E-state index in [-0.39, 0.29) is 17.1 Å². The molecule has 2 aromatic rings. The van der Waals surface area contributed by atoms with Gasteiger partial charge in [-0.2, -0.15) is 0 Å². The van der Waals surface area contributed by atoms with Gasteiger partial charge in [0.1, 0.15) is 23.4 Å². The number of sulfonamides is 1. The topological polar surface area (TPSA) is 66.5 Å². The van der Waals surface area contributed by atoms with Crippen LogP contribution in [0.2, 0.25) is 5.02 Å². The minimum atomic E-state index is -3.88. The van der Waals surface area contributed by atoms with E-state index in [0.717, 1.165) is 28.8 Å². The van der Waals surface area contributed by atoms with Gasteiger partial charge in [0.2, 0.25) is 15.9 Å². The van der Waals surface area contributed by atoms with Crippen LogP contribution in [0.5, 0.6) is 0 Å². The molecule has 0 radical (unpaired) electrons. The smallest absolute Gasteiger partial charge is 0.248 e. The van der Waals surface area contributed by atoms with Crippen LogP contribution in [0.4, 0.5) is 20.2 Å². The van der Waals surface area contributed by atoms with Crippen LogP contribution in [-0.2, 0) is 14.8 Å². The van der Waals surface area contributed by atoms with Crippen molar-refractivity contribution in [2.45, 2.75) is 19.4 Å². The average Bonchev–Trinajstić information content (AvgIpc) is 2.54. The molecule has 0 saturated heterocycles. The van der Waals surface area contributed by atoms with Crippen molar-refractivity contribution >= 4 is 38.9 Å². The molecular weight excluding hydrogens is 386 g/mol. The Hall–Kier alpha value is -2.19. The van der Waals surface area contributed by atoms with Gasteiger partial charge in [0.25, 0.3) is 0 Å². The molecule has 0 aromatic heterocycles. The van der Waals surface area contributed by atoms with Gasteiger partial charge in [-0.1, -0.05) is 30.7 Å². The van der Waals surface area contributed by atoms with Crippen molar-refractivity contribution < 1.29 is 22.0 Å². The van der Waals surface area contributed by atoms with E-state index in [9.17, 15) is 22.0 Å². The van der Waals surface area contributed by atoms with Gasteiger partial charge in [0, 0.05) is 5.02 Å². The zero-order valence-electron chi connectivity index (χ0n) is 14.0. The van der Waals surface area contributed by atoms with E-state index in [4.69, 9.17) is 11.6 Å². The SMILES string of the molecule is CCC(C(=O)Nc1c(F)cccc1F)N(c1cccc(Cl)c1)S(C)(=O)=O. The summed E-state index contributed by atoms with van der Waals surface area (Å²) in [6.45, 7) is 1.59. The molecule has 140 valence electrons. The molecule has 26 heavy (non-hydrogen) atoms. The fourth-order valence-electron chi connectivity index (χ4n) is 2.50. The van der Waals surface area contributed by atoms with Crippen molar-refractivity contribution in [3.05, 3.63) is 59.1 Å². The highest BCUT2D eigenvalue weighted by Crippen LogP contribution is 2.26. The van der Waals surface area contributed by atoms with Crippen LogP contribution in [0.15, 0.2) is 42.5 Å². The Bertz CT molecular complexity index is 902. The number of carbonyl (C=O) groups excluding carboxylic acids is 1. The van der Waals surface area contributed by atoms with Crippen molar-refractivity contribution in [1.29, 1.82) is 0 Å². The first kappa shape index (κ1) is 20.1. The second kappa shape index (κ2) is 8.01. The summed E-state index contributed by atoms with van der Waals surface area (Å²) in [7, 11) is -3.88. The minimum absolute atomic E-state index is 0.0709. The number of hydrogen-bond acceptors (Lipinski definition) is 3. The number of anilines is 2. The molecular formula is C17H17ClF2N2O3S. The maximum Gasteiger partial charge on any atom is 0.248 e. The quantitative estimate of drug-likeness (QED) is 0.799. The predicted octanol–water partition coefficient (Wildman–Crippen LogP) is 3.80. The van der Waals surface area contributed by atoms with E-state index in [1.54, 1.807) is 13.0 Å². The molecule has 0 aliphatic rings. The summed E-state index contributed by atoms with van der Waals surface area (Å²) < 4.78 is 53.0. The Morgan fingerprint density at radius 2 is 1.77 bits per heavy atom. The minimum Gasteiger partial charge on any atom is -0.319 e. The second-order valence-electron chi connectivity index (χ2n) is 5.55. The number of rotatable bonds is 6. The van der Waals surface area contributed by atoms with Gasteiger partial charge in [-0.25, -0.2) is 17.2 Å². The lowest BCUT2D eigenvalue weighted by Gasteiger charge is -2.30. The molecule has 2 aromatic carbocycles. The maximum absolute atomic E-state index is 13.8. The number of benzene rings is 2. The van der Waals surface area contributed by atoms with E-state index in [2.05, 4.69) is 5.32 Å². The Labute approximate surface area is 155 Å². The predicted molar refractivity (Wildman–Crippen MR) is 97.8 cm³/mol. The van der Waals surface area contributed by atoms with E-state index < -0.39 is 39.3 Å². The van der Waals surface area contributed by atoms with Crippen molar-refractivity contribution in [2.24, 2.45) is 0 Å². The molecule has 0 aliphatic heterocycles. The number of carbonyl (C=O) groups is 1. The third-order valence-corrected chi connectivity index (χ3v) is 5.02. The van der Waals surface area contributed by atoms with Crippen molar-refractivity contribution in [2.75, 3.05) is 15.9 Å². The van der Waals surface area contributed by atoms with Crippen LogP contribution in [0, 0.1) is 11.6 Å². The molecule has 1 amide bonds. The van der Waals surface area contributed by atoms with Gasteiger partial charge in [-0.15, -0.1) is 0 Å². The number of para-hydroxylation sites is 1. The lowest BCUT2D eigenvalue weighted by molar-refractivity contribution is -0.117. The summed E-state index contributed by atoms with van der Waals surface area (Å²) in [5.74, 6) is -2.77. The monoisotopic (exact) mass is 402 g/mol. The van der Waals surface area contributed by atoms with E-state index in [0.29, 0.717) is 0 Å². The van der Waals surface area contributed by atoms with Gasteiger partial charge >= 0.3 is 0 Å². The van der Waals surface area contributed by atoms with E-state index in [1.807, 2.05) is 0 Å². The molecule has 0 heterocycles. The van der Waals surface area contributed by atoms with E-state index >= 15 is 0 Å². The highest BCUT2D eigenvalue weighted by Gasteiger charge is 2.32. The van der Waals surface area contributed by atoms with E-state index in [1.165, 1.54) is 18.2 Å². The largest absolute Gasteiger partial charge is 0.319 e. The van der Waals surface area contributed by atoms with Crippen molar-refractivity contribution in [3.8, 4) is 0 Å². The zero-order chi connectivity index (χ0) is 19.5. The Balaban J connectivity index is 2.43. The molecule has 0 spiro atoms.